The van der Waals surface area contributed by atoms with Gasteiger partial charge in [-0.05, 0) is 45.1 Å². The van der Waals surface area contributed by atoms with Crippen molar-refractivity contribution in [2.45, 2.75) is 38.7 Å². The van der Waals surface area contributed by atoms with E-state index in [1.165, 1.54) is 13.1 Å². The molecule has 1 heterocycles. The normalized spacial score (nSPS) is 21.6. The van der Waals surface area contributed by atoms with Gasteiger partial charge in [0.25, 0.3) is 0 Å². The minimum absolute atomic E-state index is 0.0364. The van der Waals surface area contributed by atoms with E-state index in [-0.39, 0.29) is 12.1 Å². The average molecular weight is 321 g/mol. The maximum atomic E-state index is 11.8. The van der Waals surface area contributed by atoms with Crippen LogP contribution in [0.3, 0.4) is 0 Å². The standard InChI is InChI=1S/C18H27NO2S/c1-4-6-8-16(5-2)22-10-7-9-17(20)21-15-11-18(12-15)13-19(3)14-18/h4-6,8,15H,2,7,9-14H2,1,3H3/b6-4-,16-8+. The summed E-state index contributed by atoms with van der Waals surface area (Å²) >= 11 is 1.73. The van der Waals surface area contributed by atoms with Crippen molar-refractivity contribution >= 4 is 17.7 Å². The van der Waals surface area contributed by atoms with Gasteiger partial charge in [0.1, 0.15) is 6.10 Å². The van der Waals surface area contributed by atoms with Gasteiger partial charge < -0.3 is 9.64 Å². The van der Waals surface area contributed by atoms with Crippen LogP contribution in [0.25, 0.3) is 0 Å². The summed E-state index contributed by atoms with van der Waals surface area (Å²) in [6.45, 7) is 8.12. The van der Waals surface area contributed by atoms with E-state index in [9.17, 15) is 4.79 Å². The fourth-order valence-electron chi connectivity index (χ4n) is 3.36. The molecule has 0 radical (unpaired) electrons. The van der Waals surface area contributed by atoms with Gasteiger partial charge in [-0.25, -0.2) is 0 Å². The maximum absolute atomic E-state index is 11.8. The molecule has 0 atom stereocenters. The molecule has 1 saturated heterocycles. The van der Waals surface area contributed by atoms with Crippen molar-refractivity contribution in [2.75, 3.05) is 25.9 Å². The molecule has 2 fully saturated rings. The average Bonchev–Trinajstić information content (AvgIpc) is 2.42. The highest BCUT2D eigenvalue weighted by Gasteiger charge is 2.52. The van der Waals surface area contributed by atoms with Gasteiger partial charge in [-0.3, -0.25) is 4.79 Å². The number of ether oxygens (including phenoxy) is 1. The summed E-state index contributed by atoms with van der Waals surface area (Å²) in [4.78, 5) is 15.3. The summed E-state index contributed by atoms with van der Waals surface area (Å²) < 4.78 is 5.54. The fourth-order valence-corrected chi connectivity index (χ4v) is 4.18. The summed E-state index contributed by atoms with van der Waals surface area (Å²) in [5, 5.41) is 0. The zero-order valence-electron chi connectivity index (χ0n) is 13.7. The molecule has 0 aromatic heterocycles. The predicted molar refractivity (Wildman–Crippen MR) is 93.8 cm³/mol. The molecule has 1 spiro atoms. The Balaban J connectivity index is 1.54. The van der Waals surface area contributed by atoms with Crippen molar-refractivity contribution in [3.05, 3.63) is 35.8 Å². The topological polar surface area (TPSA) is 29.5 Å². The zero-order chi connectivity index (χ0) is 16.0. The third-order valence-electron chi connectivity index (χ3n) is 4.28. The van der Waals surface area contributed by atoms with E-state index in [2.05, 4.69) is 18.5 Å². The van der Waals surface area contributed by atoms with Crippen LogP contribution in [0.1, 0.15) is 32.6 Å². The molecular weight excluding hydrogens is 294 g/mol. The Kier molecular flexibility index (Phi) is 6.33. The van der Waals surface area contributed by atoms with Crippen molar-refractivity contribution in [2.24, 2.45) is 5.41 Å². The minimum atomic E-state index is -0.0364. The first-order valence-corrected chi connectivity index (χ1v) is 9.02. The molecule has 0 bridgehead atoms. The first kappa shape index (κ1) is 17.4. The number of allylic oxidation sites excluding steroid dienone is 4. The summed E-state index contributed by atoms with van der Waals surface area (Å²) in [6.07, 6.45) is 11.6. The number of nitrogens with zero attached hydrogens (tertiary/aromatic N) is 1. The van der Waals surface area contributed by atoms with Crippen LogP contribution in [-0.4, -0.2) is 42.9 Å². The number of thioether (sulfide) groups is 1. The molecule has 2 rings (SSSR count). The number of hydrogen-bond acceptors (Lipinski definition) is 4. The van der Waals surface area contributed by atoms with Gasteiger partial charge in [-0.1, -0.05) is 24.8 Å². The van der Waals surface area contributed by atoms with Crippen LogP contribution in [0.15, 0.2) is 35.8 Å². The molecule has 0 aromatic rings. The first-order valence-electron chi connectivity index (χ1n) is 8.03. The van der Waals surface area contributed by atoms with Crippen LogP contribution in [0.5, 0.6) is 0 Å². The van der Waals surface area contributed by atoms with E-state index in [1.54, 1.807) is 11.8 Å². The van der Waals surface area contributed by atoms with Crippen LogP contribution in [0.4, 0.5) is 0 Å². The van der Waals surface area contributed by atoms with Gasteiger partial charge >= 0.3 is 5.97 Å². The first-order chi connectivity index (χ1) is 10.6. The van der Waals surface area contributed by atoms with Crippen molar-refractivity contribution in [1.82, 2.24) is 4.90 Å². The predicted octanol–water partition coefficient (Wildman–Crippen LogP) is 3.78. The number of hydrogen-bond donors (Lipinski definition) is 0. The molecule has 122 valence electrons. The van der Waals surface area contributed by atoms with E-state index in [1.807, 2.05) is 31.2 Å². The fraction of sp³-hybridized carbons (Fsp3) is 0.611. The van der Waals surface area contributed by atoms with E-state index in [0.29, 0.717) is 11.8 Å². The van der Waals surface area contributed by atoms with E-state index in [0.717, 1.165) is 29.9 Å². The Hall–Kier alpha value is -1.00. The minimum Gasteiger partial charge on any atom is -0.462 e. The maximum Gasteiger partial charge on any atom is 0.306 e. The summed E-state index contributed by atoms with van der Waals surface area (Å²) in [7, 11) is 2.14. The molecule has 22 heavy (non-hydrogen) atoms. The Morgan fingerprint density at radius 2 is 2.18 bits per heavy atom. The Morgan fingerprint density at radius 3 is 2.77 bits per heavy atom. The van der Waals surface area contributed by atoms with Crippen LogP contribution in [0, 0.1) is 5.41 Å². The second kappa shape index (κ2) is 8.02. The number of rotatable bonds is 8. The molecule has 3 nitrogen and oxygen atoms in total. The smallest absolute Gasteiger partial charge is 0.306 e. The molecule has 0 unspecified atom stereocenters. The molecule has 0 amide bonds. The lowest BCUT2D eigenvalue weighted by molar-refractivity contribution is -0.174. The largest absolute Gasteiger partial charge is 0.462 e. The van der Waals surface area contributed by atoms with Crippen molar-refractivity contribution in [1.29, 1.82) is 0 Å². The van der Waals surface area contributed by atoms with Crippen LogP contribution >= 0.6 is 11.8 Å². The van der Waals surface area contributed by atoms with Gasteiger partial charge in [0.05, 0.1) is 0 Å². The molecule has 0 aromatic carbocycles. The van der Waals surface area contributed by atoms with E-state index < -0.39 is 0 Å². The van der Waals surface area contributed by atoms with Gasteiger partial charge in [0, 0.05) is 29.8 Å². The number of carbonyl (C=O) groups excluding carboxylic acids is 1. The second-order valence-electron chi connectivity index (χ2n) is 6.44. The van der Waals surface area contributed by atoms with Crippen molar-refractivity contribution in [3.8, 4) is 0 Å². The van der Waals surface area contributed by atoms with Gasteiger partial charge in [-0.15, -0.1) is 11.8 Å². The highest BCUT2D eigenvalue weighted by Crippen LogP contribution is 2.49. The summed E-state index contributed by atoms with van der Waals surface area (Å²) in [6, 6.07) is 0. The molecule has 0 N–H and O–H groups in total. The van der Waals surface area contributed by atoms with Gasteiger partial charge in [-0.2, -0.15) is 0 Å². The second-order valence-corrected chi connectivity index (χ2v) is 7.61. The SMILES string of the molecule is C=C/C(=C\C=C/C)SCCCC(=O)OC1CC2(C1)CN(C)C2. The van der Waals surface area contributed by atoms with E-state index >= 15 is 0 Å². The number of carbonyl (C=O) groups is 1. The third kappa shape index (κ3) is 4.75. The molecule has 2 aliphatic rings. The molecule has 1 saturated carbocycles. The van der Waals surface area contributed by atoms with Gasteiger partial charge in [0.15, 0.2) is 0 Å². The Bertz CT molecular complexity index is 456. The number of likely N-dealkylation sites (tertiary alicyclic amines) is 1. The Labute approximate surface area is 138 Å². The molecule has 1 aliphatic heterocycles. The van der Waals surface area contributed by atoms with Crippen molar-refractivity contribution < 1.29 is 9.53 Å². The lowest BCUT2D eigenvalue weighted by Gasteiger charge is -2.57. The monoisotopic (exact) mass is 321 g/mol. The summed E-state index contributed by atoms with van der Waals surface area (Å²) in [5.74, 6) is 0.884. The lowest BCUT2D eigenvalue weighted by Crippen LogP contribution is -2.62. The highest BCUT2D eigenvalue weighted by atomic mass is 32.2. The quantitative estimate of drug-likeness (QED) is 0.386. The van der Waals surface area contributed by atoms with Crippen LogP contribution < -0.4 is 0 Å². The molecule has 4 heteroatoms. The highest BCUT2D eigenvalue weighted by molar-refractivity contribution is 8.03. The van der Waals surface area contributed by atoms with Crippen LogP contribution in [0.2, 0.25) is 0 Å². The zero-order valence-corrected chi connectivity index (χ0v) is 14.5. The van der Waals surface area contributed by atoms with Crippen LogP contribution in [-0.2, 0) is 9.53 Å². The van der Waals surface area contributed by atoms with E-state index in [4.69, 9.17) is 4.74 Å². The van der Waals surface area contributed by atoms with Gasteiger partial charge in [0.2, 0.25) is 0 Å². The molecule has 1 aliphatic carbocycles. The summed E-state index contributed by atoms with van der Waals surface area (Å²) in [5.41, 5.74) is 0.478. The molecular formula is C18H27NO2S. The number of esters is 1. The Morgan fingerprint density at radius 1 is 1.45 bits per heavy atom. The lowest BCUT2D eigenvalue weighted by atomic mass is 9.62. The third-order valence-corrected chi connectivity index (χ3v) is 5.41. The van der Waals surface area contributed by atoms with Crippen molar-refractivity contribution in [3.63, 3.8) is 0 Å².